The van der Waals surface area contributed by atoms with Crippen molar-refractivity contribution in [3.05, 3.63) is 41.6 Å². The van der Waals surface area contributed by atoms with Crippen LogP contribution in [0.5, 0.6) is 11.6 Å². The van der Waals surface area contributed by atoms with Gasteiger partial charge in [-0.15, -0.1) is 0 Å². The second kappa shape index (κ2) is 6.21. The van der Waals surface area contributed by atoms with Crippen molar-refractivity contribution in [1.82, 2.24) is 9.78 Å². The van der Waals surface area contributed by atoms with Gasteiger partial charge >= 0.3 is 12.6 Å². The first kappa shape index (κ1) is 14.8. The lowest BCUT2D eigenvalue weighted by Crippen LogP contribution is -2.10. The predicted octanol–water partition coefficient (Wildman–Crippen LogP) is 2.24. The summed E-state index contributed by atoms with van der Waals surface area (Å²) in [7, 11) is 1.52. The Kier molecular flexibility index (Phi) is 4.36. The van der Waals surface area contributed by atoms with Crippen LogP contribution in [0.15, 0.2) is 30.3 Å². The Morgan fingerprint density at radius 2 is 2.05 bits per heavy atom. The van der Waals surface area contributed by atoms with Crippen molar-refractivity contribution >= 4 is 5.97 Å². The number of carbonyl (C=O) groups is 1. The van der Waals surface area contributed by atoms with Crippen molar-refractivity contribution in [2.24, 2.45) is 0 Å². The first-order valence-corrected chi connectivity index (χ1v) is 5.88. The van der Waals surface area contributed by atoms with E-state index in [2.05, 4.69) is 9.84 Å². The molecular formula is C13H12F2N2O4. The van der Waals surface area contributed by atoms with Gasteiger partial charge in [-0.05, 0) is 17.7 Å². The Balaban J connectivity index is 2.25. The average molecular weight is 298 g/mol. The van der Waals surface area contributed by atoms with Crippen molar-refractivity contribution < 1.29 is 28.2 Å². The average Bonchev–Trinajstić information content (AvgIpc) is 2.82. The van der Waals surface area contributed by atoms with Gasteiger partial charge in [0, 0.05) is 6.07 Å². The van der Waals surface area contributed by atoms with Gasteiger partial charge in [0.1, 0.15) is 5.75 Å². The fourth-order valence-corrected chi connectivity index (χ4v) is 1.71. The number of halogens is 2. The molecule has 0 saturated carbocycles. The van der Waals surface area contributed by atoms with E-state index >= 15 is 0 Å². The third kappa shape index (κ3) is 3.68. The molecule has 1 aromatic carbocycles. The molecule has 1 aromatic heterocycles. The predicted molar refractivity (Wildman–Crippen MR) is 67.9 cm³/mol. The number of carboxylic acid groups (broad SMARTS) is 1. The molecule has 0 aliphatic carbocycles. The molecule has 0 atom stereocenters. The van der Waals surface area contributed by atoms with E-state index in [-0.39, 0.29) is 18.1 Å². The molecule has 0 aliphatic heterocycles. The maximum Gasteiger partial charge on any atom is 0.388 e. The molecule has 0 bridgehead atoms. The van der Waals surface area contributed by atoms with E-state index in [1.54, 1.807) is 24.3 Å². The smallest absolute Gasteiger partial charge is 0.388 e. The highest BCUT2D eigenvalue weighted by atomic mass is 19.3. The summed E-state index contributed by atoms with van der Waals surface area (Å²) in [6.45, 7) is -2.96. The van der Waals surface area contributed by atoms with E-state index in [1.807, 2.05) is 0 Å². The molecular weight excluding hydrogens is 286 g/mol. The van der Waals surface area contributed by atoms with Gasteiger partial charge in [-0.25, -0.2) is 9.48 Å². The standard InChI is InChI=1S/C13H12F2N2O4/c1-20-9-4-2-8(3-5-9)7-17-11(21-13(14)15)6-10(16-17)12(18)19/h2-6,13H,7H2,1H3,(H,18,19). The van der Waals surface area contributed by atoms with Crippen molar-refractivity contribution in [2.45, 2.75) is 13.2 Å². The number of hydrogen-bond donors (Lipinski definition) is 1. The van der Waals surface area contributed by atoms with Crippen LogP contribution < -0.4 is 9.47 Å². The molecule has 0 spiro atoms. The number of benzene rings is 1. The van der Waals surface area contributed by atoms with Crippen molar-refractivity contribution in [1.29, 1.82) is 0 Å². The van der Waals surface area contributed by atoms with Crippen LogP contribution in [0, 0.1) is 0 Å². The summed E-state index contributed by atoms with van der Waals surface area (Å²) in [5.74, 6) is -0.977. The highest BCUT2D eigenvalue weighted by Gasteiger charge is 2.17. The third-order valence-electron chi connectivity index (χ3n) is 2.66. The Morgan fingerprint density at radius 3 is 2.57 bits per heavy atom. The summed E-state index contributed by atoms with van der Waals surface area (Å²) in [5.41, 5.74) is 0.370. The number of nitrogens with zero attached hydrogens (tertiary/aromatic N) is 2. The number of aromatic carboxylic acids is 1. The van der Waals surface area contributed by atoms with Gasteiger partial charge in [0.15, 0.2) is 5.69 Å². The highest BCUT2D eigenvalue weighted by Crippen LogP contribution is 2.19. The van der Waals surface area contributed by atoms with Gasteiger partial charge in [-0.3, -0.25) is 0 Å². The lowest BCUT2D eigenvalue weighted by molar-refractivity contribution is -0.0556. The Labute approximate surface area is 118 Å². The topological polar surface area (TPSA) is 73.6 Å². The lowest BCUT2D eigenvalue weighted by Gasteiger charge is -2.08. The Morgan fingerprint density at radius 1 is 1.38 bits per heavy atom. The third-order valence-corrected chi connectivity index (χ3v) is 2.66. The second-order valence-electron chi connectivity index (χ2n) is 4.06. The number of methoxy groups -OCH3 is 1. The molecule has 2 rings (SSSR count). The van der Waals surface area contributed by atoms with E-state index in [4.69, 9.17) is 9.84 Å². The normalized spacial score (nSPS) is 10.7. The molecule has 0 radical (unpaired) electrons. The van der Waals surface area contributed by atoms with Gasteiger partial charge in [-0.2, -0.15) is 13.9 Å². The molecule has 0 saturated heterocycles. The van der Waals surface area contributed by atoms with Gasteiger partial charge in [0.2, 0.25) is 5.88 Å². The van der Waals surface area contributed by atoms with Crippen molar-refractivity contribution in [2.75, 3.05) is 7.11 Å². The Bertz CT molecular complexity index is 626. The molecule has 21 heavy (non-hydrogen) atoms. The molecule has 0 amide bonds. The van der Waals surface area contributed by atoms with Crippen molar-refractivity contribution in [3.63, 3.8) is 0 Å². The van der Waals surface area contributed by atoms with Gasteiger partial charge < -0.3 is 14.6 Å². The number of alkyl halides is 2. The highest BCUT2D eigenvalue weighted by molar-refractivity contribution is 5.85. The molecule has 2 aromatic rings. The van der Waals surface area contributed by atoms with E-state index in [0.29, 0.717) is 5.75 Å². The molecule has 1 heterocycles. The van der Waals surface area contributed by atoms with Crippen LogP contribution >= 0.6 is 0 Å². The van der Waals surface area contributed by atoms with Crippen LogP contribution in [0.4, 0.5) is 8.78 Å². The first-order chi connectivity index (χ1) is 9.99. The van der Waals surface area contributed by atoms with Gasteiger partial charge in [0.05, 0.1) is 13.7 Å². The zero-order valence-corrected chi connectivity index (χ0v) is 11.0. The van der Waals surface area contributed by atoms with Crippen LogP contribution in [0.2, 0.25) is 0 Å². The number of ether oxygens (including phenoxy) is 2. The quantitative estimate of drug-likeness (QED) is 0.885. The summed E-state index contributed by atoms with van der Waals surface area (Å²) >= 11 is 0. The van der Waals surface area contributed by atoms with Crippen molar-refractivity contribution in [3.8, 4) is 11.6 Å². The minimum atomic E-state index is -3.06. The first-order valence-electron chi connectivity index (χ1n) is 5.88. The largest absolute Gasteiger partial charge is 0.497 e. The van der Waals surface area contributed by atoms with E-state index in [0.717, 1.165) is 16.3 Å². The van der Waals surface area contributed by atoms with E-state index in [9.17, 15) is 13.6 Å². The van der Waals surface area contributed by atoms with Crippen LogP contribution in [0.1, 0.15) is 16.1 Å². The maximum atomic E-state index is 12.3. The number of aromatic nitrogens is 2. The van der Waals surface area contributed by atoms with Gasteiger partial charge in [-0.1, -0.05) is 12.1 Å². The van der Waals surface area contributed by atoms with Gasteiger partial charge in [0.25, 0.3) is 0 Å². The molecule has 8 heteroatoms. The summed E-state index contributed by atoms with van der Waals surface area (Å²) in [5, 5.41) is 12.6. The zero-order valence-electron chi connectivity index (χ0n) is 11.0. The summed E-state index contributed by atoms with van der Waals surface area (Å²) < 4.78 is 35.0. The van der Waals surface area contributed by atoms with Crippen LogP contribution in [-0.2, 0) is 6.54 Å². The van der Waals surface area contributed by atoms with E-state index in [1.165, 1.54) is 7.11 Å². The van der Waals surface area contributed by atoms with E-state index < -0.39 is 12.6 Å². The molecule has 6 nitrogen and oxygen atoms in total. The fraction of sp³-hybridized carbons (Fsp3) is 0.231. The zero-order chi connectivity index (χ0) is 15.4. The number of hydrogen-bond acceptors (Lipinski definition) is 4. The fourth-order valence-electron chi connectivity index (χ4n) is 1.71. The second-order valence-corrected chi connectivity index (χ2v) is 4.06. The van der Waals surface area contributed by atoms with Crippen LogP contribution in [-0.4, -0.2) is 34.6 Å². The Hall–Kier alpha value is -2.64. The molecule has 0 fully saturated rings. The molecule has 0 aliphatic rings. The summed E-state index contributed by atoms with van der Waals surface area (Å²) in [4.78, 5) is 10.9. The lowest BCUT2D eigenvalue weighted by atomic mass is 10.2. The summed E-state index contributed by atoms with van der Waals surface area (Å²) in [6, 6.07) is 7.79. The number of rotatable bonds is 6. The molecule has 112 valence electrons. The van der Waals surface area contributed by atoms with Crippen LogP contribution in [0.3, 0.4) is 0 Å². The SMILES string of the molecule is COc1ccc(Cn2nc(C(=O)O)cc2OC(F)F)cc1. The summed E-state index contributed by atoms with van der Waals surface area (Å²) in [6.07, 6.45) is 0. The molecule has 1 N–H and O–H groups in total. The minimum absolute atomic E-state index is 0.0966. The van der Waals surface area contributed by atoms with Crippen LogP contribution in [0.25, 0.3) is 0 Å². The molecule has 0 unspecified atom stereocenters. The number of carboxylic acids is 1. The minimum Gasteiger partial charge on any atom is -0.497 e. The maximum absolute atomic E-state index is 12.3. The monoisotopic (exact) mass is 298 g/mol.